The first-order valence-corrected chi connectivity index (χ1v) is 6.08. The van der Waals surface area contributed by atoms with Gasteiger partial charge in [0.2, 0.25) is 5.56 Å². The second-order valence-electron chi connectivity index (χ2n) is 4.92. The van der Waals surface area contributed by atoms with Crippen LogP contribution in [0, 0.1) is 11.8 Å². The SMILES string of the molecule is CC1CCC(NC(=O)c2cccc(=O)[nH]2)C1C. The van der Waals surface area contributed by atoms with E-state index in [0.717, 1.165) is 12.8 Å². The number of pyridine rings is 1. The smallest absolute Gasteiger partial charge is 0.268 e. The lowest BCUT2D eigenvalue weighted by molar-refractivity contribution is 0.0922. The van der Waals surface area contributed by atoms with Gasteiger partial charge >= 0.3 is 0 Å². The largest absolute Gasteiger partial charge is 0.348 e. The summed E-state index contributed by atoms with van der Waals surface area (Å²) in [6.45, 7) is 4.37. The predicted molar refractivity (Wildman–Crippen MR) is 65.9 cm³/mol. The zero-order chi connectivity index (χ0) is 12.4. The van der Waals surface area contributed by atoms with E-state index in [9.17, 15) is 9.59 Å². The summed E-state index contributed by atoms with van der Waals surface area (Å²) in [5.41, 5.74) is 0.0924. The van der Waals surface area contributed by atoms with Gasteiger partial charge in [0, 0.05) is 12.1 Å². The highest BCUT2D eigenvalue weighted by Crippen LogP contribution is 2.31. The van der Waals surface area contributed by atoms with E-state index in [2.05, 4.69) is 24.1 Å². The Labute approximate surface area is 100 Å². The van der Waals surface area contributed by atoms with E-state index < -0.39 is 0 Å². The van der Waals surface area contributed by atoms with E-state index >= 15 is 0 Å². The number of hydrogen-bond donors (Lipinski definition) is 2. The van der Waals surface area contributed by atoms with Crippen LogP contribution in [-0.4, -0.2) is 16.9 Å². The molecule has 92 valence electrons. The van der Waals surface area contributed by atoms with Gasteiger partial charge in [-0.2, -0.15) is 0 Å². The normalized spacial score (nSPS) is 28.0. The maximum absolute atomic E-state index is 11.9. The van der Waals surface area contributed by atoms with Crippen molar-refractivity contribution in [3.63, 3.8) is 0 Å². The average molecular weight is 234 g/mol. The van der Waals surface area contributed by atoms with Gasteiger partial charge in [-0.15, -0.1) is 0 Å². The summed E-state index contributed by atoms with van der Waals surface area (Å²) in [6.07, 6.45) is 2.17. The molecule has 1 heterocycles. The lowest BCUT2D eigenvalue weighted by Crippen LogP contribution is -2.38. The van der Waals surface area contributed by atoms with Gasteiger partial charge in [0.05, 0.1) is 0 Å². The molecule has 4 heteroatoms. The first-order chi connectivity index (χ1) is 8.08. The minimum atomic E-state index is -0.245. The van der Waals surface area contributed by atoms with Crippen LogP contribution in [0.1, 0.15) is 37.2 Å². The fraction of sp³-hybridized carbons (Fsp3) is 0.538. The van der Waals surface area contributed by atoms with Crippen molar-refractivity contribution in [1.29, 1.82) is 0 Å². The minimum absolute atomic E-state index is 0.186. The zero-order valence-corrected chi connectivity index (χ0v) is 10.2. The molecular weight excluding hydrogens is 216 g/mol. The van der Waals surface area contributed by atoms with Crippen molar-refractivity contribution >= 4 is 5.91 Å². The van der Waals surface area contributed by atoms with Crippen molar-refractivity contribution in [1.82, 2.24) is 10.3 Å². The second-order valence-corrected chi connectivity index (χ2v) is 4.92. The summed E-state index contributed by atoms with van der Waals surface area (Å²) in [6, 6.07) is 4.84. The molecule has 0 bridgehead atoms. The number of carbonyl (C=O) groups excluding carboxylic acids is 1. The minimum Gasteiger partial charge on any atom is -0.348 e. The molecule has 3 unspecified atom stereocenters. The number of rotatable bonds is 2. The van der Waals surface area contributed by atoms with E-state index in [1.165, 1.54) is 6.07 Å². The van der Waals surface area contributed by atoms with Crippen LogP contribution >= 0.6 is 0 Å². The van der Waals surface area contributed by atoms with Crippen LogP contribution in [0.5, 0.6) is 0 Å². The van der Waals surface area contributed by atoms with Gasteiger partial charge in [-0.05, 0) is 30.7 Å². The maximum Gasteiger partial charge on any atom is 0.268 e. The summed E-state index contributed by atoms with van der Waals surface area (Å²) in [5.74, 6) is 0.957. The van der Waals surface area contributed by atoms with Gasteiger partial charge in [0.1, 0.15) is 5.69 Å². The third-order valence-electron chi connectivity index (χ3n) is 3.79. The third-order valence-corrected chi connectivity index (χ3v) is 3.79. The molecule has 1 aliphatic rings. The molecule has 0 saturated heterocycles. The Morgan fingerprint density at radius 1 is 1.35 bits per heavy atom. The summed E-state index contributed by atoms with van der Waals surface area (Å²) in [7, 11) is 0. The van der Waals surface area contributed by atoms with Gasteiger partial charge < -0.3 is 10.3 Å². The number of aromatic amines is 1. The molecule has 0 aliphatic heterocycles. The Balaban J connectivity index is 2.05. The van der Waals surface area contributed by atoms with Gasteiger partial charge in [-0.3, -0.25) is 9.59 Å². The van der Waals surface area contributed by atoms with Crippen LogP contribution in [0.2, 0.25) is 0 Å². The quantitative estimate of drug-likeness (QED) is 0.815. The maximum atomic E-state index is 11.9. The van der Waals surface area contributed by atoms with Gasteiger partial charge in [-0.25, -0.2) is 0 Å². The van der Waals surface area contributed by atoms with E-state index in [0.29, 0.717) is 17.5 Å². The topological polar surface area (TPSA) is 62.0 Å². The highest BCUT2D eigenvalue weighted by atomic mass is 16.2. The van der Waals surface area contributed by atoms with Crippen LogP contribution in [0.3, 0.4) is 0 Å². The van der Waals surface area contributed by atoms with Crippen LogP contribution < -0.4 is 10.9 Å². The summed E-state index contributed by atoms with van der Waals surface area (Å²) < 4.78 is 0. The fourth-order valence-electron chi connectivity index (χ4n) is 2.39. The summed E-state index contributed by atoms with van der Waals surface area (Å²) in [5, 5.41) is 2.99. The van der Waals surface area contributed by atoms with E-state index in [4.69, 9.17) is 0 Å². The molecule has 1 amide bonds. The Morgan fingerprint density at radius 2 is 2.12 bits per heavy atom. The van der Waals surface area contributed by atoms with E-state index in [-0.39, 0.29) is 17.5 Å². The Morgan fingerprint density at radius 3 is 2.71 bits per heavy atom. The van der Waals surface area contributed by atoms with E-state index in [1.54, 1.807) is 12.1 Å². The van der Waals surface area contributed by atoms with Crippen molar-refractivity contribution in [2.75, 3.05) is 0 Å². The Hall–Kier alpha value is -1.58. The van der Waals surface area contributed by atoms with Crippen LogP contribution in [0.4, 0.5) is 0 Å². The van der Waals surface area contributed by atoms with Crippen LogP contribution in [0.15, 0.2) is 23.0 Å². The van der Waals surface area contributed by atoms with Gasteiger partial charge in [0.25, 0.3) is 5.91 Å². The highest BCUT2D eigenvalue weighted by molar-refractivity contribution is 5.92. The average Bonchev–Trinajstić information content (AvgIpc) is 2.61. The van der Waals surface area contributed by atoms with Crippen LogP contribution in [0.25, 0.3) is 0 Å². The van der Waals surface area contributed by atoms with Crippen molar-refractivity contribution in [2.45, 2.75) is 32.7 Å². The van der Waals surface area contributed by atoms with Gasteiger partial charge in [0.15, 0.2) is 0 Å². The zero-order valence-electron chi connectivity index (χ0n) is 10.2. The number of nitrogens with one attached hydrogen (secondary N) is 2. The standard InChI is InChI=1S/C13H18N2O2/c1-8-6-7-10(9(8)2)15-13(17)11-4-3-5-12(16)14-11/h3-5,8-10H,6-7H2,1-2H3,(H,14,16)(H,15,17). The fourth-order valence-corrected chi connectivity index (χ4v) is 2.39. The molecule has 2 N–H and O–H groups in total. The molecule has 1 aromatic rings. The molecule has 2 rings (SSSR count). The molecule has 1 saturated carbocycles. The van der Waals surface area contributed by atoms with Gasteiger partial charge in [-0.1, -0.05) is 19.9 Å². The van der Waals surface area contributed by atoms with Crippen molar-refractivity contribution in [3.8, 4) is 0 Å². The molecule has 17 heavy (non-hydrogen) atoms. The molecule has 0 aromatic carbocycles. The monoisotopic (exact) mass is 234 g/mol. The highest BCUT2D eigenvalue weighted by Gasteiger charge is 2.30. The van der Waals surface area contributed by atoms with E-state index in [1.807, 2.05) is 0 Å². The Bertz CT molecular complexity index is 466. The predicted octanol–water partition coefficient (Wildman–Crippen LogP) is 1.54. The summed E-state index contributed by atoms with van der Waals surface area (Å²) in [4.78, 5) is 25.6. The van der Waals surface area contributed by atoms with Crippen LogP contribution in [-0.2, 0) is 0 Å². The number of H-pyrrole nitrogens is 1. The lowest BCUT2D eigenvalue weighted by Gasteiger charge is -2.19. The number of aromatic nitrogens is 1. The molecule has 0 radical (unpaired) electrons. The molecule has 1 fully saturated rings. The number of hydrogen-bond acceptors (Lipinski definition) is 2. The molecule has 4 nitrogen and oxygen atoms in total. The molecule has 3 atom stereocenters. The first kappa shape index (κ1) is 11.9. The van der Waals surface area contributed by atoms with Crippen molar-refractivity contribution in [3.05, 3.63) is 34.2 Å². The third kappa shape index (κ3) is 2.57. The van der Waals surface area contributed by atoms with Crippen molar-refractivity contribution < 1.29 is 4.79 Å². The molecule has 1 aromatic heterocycles. The van der Waals surface area contributed by atoms with Crippen molar-refractivity contribution in [2.24, 2.45) is 11.8 Å². The molecular formula is C13H18N2O2. The number of amides is 1. The number of carbonyl (C=O) groups is 1. The molecule has 0 spiro atoms. The summed E-state index contributed by atoms with van der Waals surface area (Å²) >= 11 is 0. The lowest BCUT2D eigenvalue weighted by atomic mass is 9.98. The second kappa shape index (κ2) is 4.73. The first-order valence-electron chi connectivity index (χ1n) is 6.08. The molecule has 1 aliphatic carbocycles. The Kier molecular flexibility index (Phi) is 3.31.